The van der Waals surface area contributed by atoms with Gasteiger partial charge in [-0.05, 0) is 41.4 Å². The fourth-order valence-electron chi connectivity index (χ4n) is 4.73. The molecule has 6 rings (SSSR count). The molecule has 0 radical (unpaired) electrons. The maximum Gasteiger partial charge on any atom is 0.416 e. The van der Waals surface area contributed by atoms with E-state index in [2.05, 4.69) is 34.8 Å². The van der Waals surface area contributed by atoms with Gasteiger partial charge in [0.2, 0.25) is 0 Å². The van der Waals surface area contributed by atoms with Gasteiger partial charge in [0, 0.05) is 31.5 Å². The predicted molar refractivity (Wildman–Crippen MR) is 160 cm³/mol. The normalized spacial score (nSPS) is 15.5. The topological polar surface area (TPSA) is 99.7 Å². The number of rotatable bonds is 9. The van der Waals surface area contributed by atoms with E-state index in [9.17, 15) is 4.79 Å². The molecule has 1 aliphatic rings. The molecule has 0 aliphatic carbocycles. The van der Waals surface area contributed by atoms with Crippen molar-refractivity contribution in [2.45, 2.75) is 38.5 Å². The first-order valence-corrected chi connectivity index (χ1v) is 17.6. The molecular weight excluding hydrogens is 577 g/mol. The number of hydrogen-bond acceptors (Lipinski definition) is 7. The molecular formula is C29H29ClFN7O3Si. The molecule has 5 aromatic rings. The highest BCUT2D eigenvalue weighted by atomic mass is 35.5. The van der Waals surface area contributed by atoms with Gasteiger partial charge in [0.1, 0.15) is 37.3 Å². The predicted octanol–water partition coefficient (Wildman–Crippen LogP) is 6.46. The first-order chi connectivity index (χ1) is 20.2. The summed E-state index contributed by atoms with van der Waals surface area (Å²) in [5.41, 5.74) is 2.64. The quantitative estimate of drug-likeness (QED) is 0.140. The molecule has 0 N–H and O–H groups in total. The summed E-state index contributed by atoms with van der Waals surface area (Å²) in [6.45, 7) is 7.93. The number of cyclic esters (lactones) is 1. The summed E-state index contributed by atoms with van der Waals surface area (Å²) in [5, 5.41) is 9.29. The smallest absolute Gasteiger partial charge is 0.416 e. The van der Waals surface area contributed by atoms with Gasteiger partial charge >= 0.3 is 6.09 Å². The third-order valence-electron chi connectivity index (χ3n) is 7.02. The van der Waals surface area contributed by atoms with E-state index < -0.39 is 26.0 Å². The number of benzene rings is 2. The van der Waals surface area contributed by atoms with Crippen molar-refractivity contribution in [1.29, 1.82) is 0 Å². The van der Waals surface area contributed by atoms with Crippen molar-refractivity contribution >= 4 is 37.2 Å². The van der Waals surface area contributed by atoms with Crippen LogP contribution in [0.3, 0.4) is 0 Å². The van der Waals surface area contributed by atoms with E-state index in [-0.39, 0.29) is 24.7 Å². The van der Waals surface area contributed by atoms with E-state index in [0.717, 1.165) is 11.6 Å². The largest absolute Gasteiger partial charge is 0.447 e. The Morgan fingerprint density at radius 1 is 1.14 bits per heavy atom. The van der Waals surface area contributed by atoms with Crippen molar-refractivity contribution in [3.05, 3.63) is 83.7 Å². The number of nitrogens with zero attached hydrogens (tertiary/aromatic N) is 7. The van der Waals surface area contributed by atoms with Crippen LogP contribution in [-0.2, 0) is 16.2 Å². The van der Waals surface area contributed by atoms with Crippen LogP contribution in [0, 0.1) is 5.82 Å². The lowest BCUT2D eigenvalue weighted by atomic mass is 10.1. The molecule has 0 saturated carbocycles. The number of ether oxygens (including phenoxy) is 2. The fraction of sp³-hybridized carbons (Fsp3) is 0.276. The van der Waals surface area contributed by atoms with Gasteiger partial charge in [-0.3, -0.25) is 4.90 Å². The standard InChI is InChI=1S/C29H29ClFN7O3Si/c1-42(2,3)13-12-40-18-36-17-32-27(35-36)21-9-8-19(14-24(21)31)22-15-33-37-11-10-26(34-28(22)37)38-25(16-41-29(38)39)20-6-4-5-7-23(20)30/h4-11,14-15,17,25H,12-13,16,18H2,1-3H3. The number of hydrogen-bond donors (Lipinski definition) is 0. The molecule has 1 amide bonds. The summed E-state index contributed by atoms with van der Waals surface area (Å²) >= 11 is 6.43. The van der Waals surface area contributed by atoms with Crippen LogP contribution in [0.25, 0.3) is 28.2 Å². The summed E-state index contributed by atoms with van der Waals surface area (Å²) in [7, 11) is -1.19. The number of amides is 1. The number of anilines is 1. The van der Waals surface area contributed by atoms with Crippen LogP contribution >= 0.6 is 11.6 Å². The lowest BCUT2D eigenvalue weighted by molar-refractivity contribution is 0.0784. The van der Waals surface area contributed by atoms with Crippen molar-refractivity contribution < 1.29 is 18.7 Å². The molecule has 1 aliphatic heterocycles. The molecule has 10 nitrogen and oxygen atoms in total. The Hall–Kier alpha value is -4.13. The van der Waals surface area contributed by atoms with Crippen molar-refractivity contribution in [1.82, 2.24) is 29.4 Å². The Bertz CT molecular complexity index is 1770. The van der Waals surface area contributed by atoms with E-state index in [1.165, 1.54) is 17.3 Å². The maximum absolute atomic E-state index is 15.4. The van der Waals surface area contributed by atoms with E-state index >= 15 is 4.39 Å². The van der Waals surface area contributed by atoms with Gasteiger partial charge in [-0.15, -0.1) is 5.10 Å². The summed E-state index contributed by atoms with van der Waals surface area (Å²) in [5.74, 6) is 0.157. The molecule has 42 heavy (non-hydrogen) atoms. The number of fused-ring (bicyclic) bond motifs is 1. The number of halogens is 2. The van der Waals surface area contributed by atoms with E-state index in [1.807, 2.05) is 18.2 Å². The Morgan fingerprint density at radius 3 is 2.76 bits per heavy atom. The van der Waals surface area contributed by atoms with Gasteiger partial charge < -0.3 is 9.47 Å². The summed E-state index contributed by atoms with van der Waals surface area (Å²) in [6.07, 6.45) is 4.32. The molecule has 1 unspecified atom stereocenters. The van der Waals surface area contributed by atoms with Crippen LogP contribution < -0.4 is 4.90 Å². The van der Waals surface area contributed by atoms with Gasteiger partial charge in [-0.1, -0.05) is 55.5 Å². The first-order valence-electron chi connectivity index (χ1n) is 13.5. The summed E-state index contributed by atoms with van der Waals surface area (Å²) in [4.78, 5) is 23.2. The van der Waals surface area contributed by atoms with Gasteiger partial charge in [-0.25, -0.2) is 28.4 Å². The second kappa shape index (κ2) is 11.3. The average molecular weight is 606 g/mol. The van der Waals surface area contributed by atoms with E-state index in [0.29, 0.717) is 34.2 Å². The minimum Gasteiger partial charge on any atom is -0.447 e. The highest BCUT2D eigenvalue weighted by Gasteiger charge is 2.37. The summed E-state index contributed by atoms with van der Waals surface area (Å²) in [6, 6.07) is 14.4. The second-order valence-corrected chi connectivity index (χ2v) is 17.3. The fourth-order valence-corrected chi connectivity index (χ4v) is 5.75. The number of carbonyl (C=O) groups excluding carboxylic acids is 1. The van der Waals surface area contributed by atoms with Crippen LogP contribution in [0.15, 0.2) is 67.3 Å². The average Bonchev–Trinajstić information content (AvgIpc) is 3.69. The Morgan fingerprint density at radius 2 is 1.98 bits per heavy atom. The molecule has 13 heteroatoms. The highest BCUT2D eigenvalue weighted by molar-refractivity contribution is 6.76. The molecule has 1 fully saturated rings. The molecule has 1 saturated heterocycles. The van der Waals surface area contributed by atoms with Crippen molar-refractivity contribution in [2.24, 2.45) is 0 Å². The van der Waals surface area contributed by atoms with Crippen LogP contribution in [-0.4, -0.2) is 56.7 Å². The van der Waals surface area contributed by atoms with E-state index in [4.69, 9.17) is 26.1 Å². The van der Waals surface area contributed by atoms with Crippen LogP contribution in [0.2, 0.25) is 30.7 Å². The monoisotopic (exact) mass is 605 g/mol. The lowest BCUT2D eigenvalue weighted by Gasteiger charge is -2.21. The van der Waals surface area contributed by atoms with Gasteiger partial charge in [0.05, 0.1) is 11.8 Å². The zero-order valence-corrected chi connectivity index (χ0v) is 25.1. The number of carbonyl (C=O) groups is 1. The minimum atomic E-state index is -1.19. The molecule has 216 valence electrons. The Balaban J connectivity index is 1.25. The van der Waals surface area contributed by atoms with Gasteiger partial charge in [0.15, 0.2) is 11.5 Å². The van der Waals surface area contributed by atoms with Crippen LogP contribution in [0.4, 0.5) is 15.0 Å². The zero-order valence-electron chi connectivity index (χ0n) is 23.4. The zero-order chi connectivity index (χ0) is 29.4. The molecule has 3 aromatic heterocycles. The van der Waals surface area contributed by atoms with Crippen LogP contribution in [0.5, 0.6) is 0 Å². The maximum atomic E-state index is 15.4. The minimum absolute atomic E-state index is 0.141. The van der Waals surface area contributed by atoms with Gasteiger partial charge in [0.25, 0.3) is 0 Å². The van der Waals surface area contributed by atoms with Crippen LogP contribution in [0.1, 0.15) is 11.6 Å². The van der Waals surface area contributed by atoms with Gasteiger partial charge in [-0.2, -0.15) is 5.10 Å². The number of aromatic nitrogens is 6. The van der Waals surface area contributed by atoms with Crippen molar-refractivity contribution in [3.63, 3.8) is 0 Å². The molecule has 0 bridgehead atoms. The van der Waals surface area contributed by atoms with Crippen molar-refractivity contribution in [2.75, 3.05) is 18.1 Å². The third kappa shape index (κ3) is 5.65. The SMILES string of the molecule is C[Si](C)(C)CCOCn1cnc(-c2ccc(-c3cnn4ccc(N5C(=O)OCC5c5ccccc5Cl)nc34)cc2F)n1. The Kier molecular flexibility index (Phi) is 7.52. The first kappa shape index (κ1) is 28.0. The molecule has 1 atom stereocenters. The molecule has 0 spiro atoms. The van der Waals surface area contributed by atoms with E-state index in [1.54, 1.807) is 45.9 Å². The molecule has 4 heterocycles. The highest BCUT2D eigenvalue weighted by Crippen LogP contribution is 2.36. The second-order valence-electron chi connectivity index (χ2n) is 11.2. The third-order valence-corrected chi connectivity index (χ3v) is 9.06. The Labute approximate surface area is 247 Å². The van der Waals surface area contributed by atoms with Crippen molar-refractivity contribution in [3.8, 4) is 22.5 Å². The summed E-state index contributed by atoms with van der Waals surface area (Å²) < 4.78 is 29.6. The molecule has 2 aromatic carbocycles. The lowest BCUT2D eigenvalue weighted by Crippen LogP contribution is -2.28.